The molecule has 0 heterocycles. The van der Waals surface area contributed by atoms with Crippen molar-refractivity contribution in [3.05, 3.63) is 84.4 Å². The third kappa shape index (κ3) is 6.99. The van der Waals surface area contributed by atoms with E-state index in [1.165, 1.54) is 27.8 Å². The summed E-state index contributed by atoms with van der Waals surface area (Å²) in [6.07, 6.45) is 1.10. The standard InChI is InChI=1S/C21H22N2.C3H9N/c22-11-12-23-16-17-13-20(18-7-3-1-4-8-18)15-21(14-17)19-9-5-2-6-10-19;1-2-3-4/h1-10,13-15,23H,11-12,16,22H2;2-4H2,1H3. The molecule has 5 N–H and O–H groups in total. The summed E-state index contributed by atoms with van der Waals surface area (Å²) in [6.45, 7) is 5.19. The van der Waals surface area contributed by atoms with Crippen molar-refractivity contribution < 1.29 is 0 Å². The third-order valence-electron chi connectivity index (χ3n) is 4.15. The van der Waals surface area contributed by atoms with Gasteiger partial charge in [-0.05, 0) is 59.0 Å². The topological polar surface area (TPSA) is 64.1 Å². The van der Waals surface area contributed by atoms with E-state index in [-0.39, 0.29) is 0 Å². The monoisotopic (exact) mass is 361 g/mol. The van der Waals surface area contributed by atoms with Crippen LogP contribution in [0.1, 0.15) is 18.9 Å². The molecular formula is C24H31N3. The van der Waals surface area contributed by atoms with Crippen molar-refractivity contribution in [2.24, 2.45) is 11.5 Å². The van der Waals surface area contributed by atoms with Gasteiger partial charge in [0.25, 0.3) is 0 Å². The van der Waals surface area contributed by atoms with Gasteiger partial charge < -0.3 is 16.8 Å². The molecule has 3 rings (SSSR count). The van der Waals surface area contributed by atoms with Crippen LogP contribution in [0.2, 0.25) is 0 Å². The lowest BCUT2D eigenvalue weighted by atomic mass is 9.96. The van der Waals surface area contributed by atoms with Crippen LogP contribution in [-0.2, 0) is 6.54 Å². The Morgan fingerprint density at radius 2 is 1.15 bits per heavy atom. The fourth-order valence-corrected chi connectivity index (χ4v) is 2.72. The highest BCUT2D eigenvalue weighted by Crippen LogP contribution is 2.28. The molecule has 0 aliphatic rings. The summed E-state index contributed by atoms with van der Waals surface area (Å²) in [5.74, 6) is 0. The molecule has 0 aliphatic heterocycles. The molecule has 0 bridgehead atoms. The van der Waals surface area contributed by atoms with Crippen LogP contribution >= 0.6 is 0 Å². The second kappa shape index (κ2) is 12.0. The maximum absolute atomic E-state index is 5.57. The van der Waals surface area contributed by atoms with Crippen molar-refractivity contribution in [1.29, 1.82) is 0 Å². The predicted molar refractivity (Wildman–Crippen MR) is 117 cm³/mol. The Morgan fingerprint density at radius 1 is 0.667 bits per heavy atom. The molecule has 3 aromatic rings. The van der Waals surface area contributed by atoms with E-state index < -0.39 is 0 Å². The van der Waals surface area contributed by atoms with Crippen LogP contribution in [0.3, 0.4) is 0 Å². The molecule has 3 nitrogen and oxygen atoms in total. The molecule has 0 aliphatic carbocycles. The molecule has 0 saturated heterocycles. The minimum atomic E-state index is 0.657. The first-order valence-electron chi connectivity index (χ1n) is 9.64. The number of nitrogens with one attached hydrogen (secondary N) is 1. The van der Waals surface area contributed by atoms with Gasteiger partial charge in [-0.25, -0.2) is 0 Å². The lowest BCUT2D eigenvalue weighted by molar-refractivity contribution is 0.695. The molecule has 0 saturated carbocycles. The Balaban J connectivity index is 0.000000596. The molecule has 0 fully saturated rings. The van der Waals surface area contributed by atoms with Gasteiger partial charge in [0, 0.05) is 19.6 Å². The van der Waals surface area contributed by atoms with Crippen molar-refractivity contribution in [3.63, 3.8) is 0 Å². The quantitative estimate of drug-likeness (QED) is 0.546. The molecule has 0 spiro atoms. The Kier molecular flexibility index (Phi) is 9.28. The molecule has 0 unspecified atom stereocenters. The zero-order valence-corrected chi connectivity index (χ0v) is 16.2. The van der Waals surface area contributed by atoms with Crippen molar-refractivity contribution >= 4 is 0 Å². The van der Waals surface area contributed by atoms with Gasteiger partial charge in [0.2, 0.25) is 0 Å². The largest absolute Gasteiger partial charge is 0.330 e. The summed E-state index contributed by atoms with van der Waals surface area (Å²) < 4.78 is 0. The van der Waals surface area contributed by atoms with E-state index in [0.29, 0.717) is 6.54 Å². The molecule has 0 radical (unpaired) electrons. The van der Waals surface area contributed by atoms with Gasteiger partial charge in [0.15, 0.2) is 0 Å². The van der Waals surface area contributed by atoms with E-state index in [9.17, 15) is 0 Å². The summed E-state index contributed by atoms with van der Waals surface area (Å²) in [5.41, 5.74) is 16.9. The second-order valence-corrected chi connectivity index (χ2v) is 6.40. The average Bonchev–Trinajstić information content (AvgIpc) is 2.75. The first-order chi connectivity index (χ1) is 13.3. The van der Waals surface area contributed by atoms with Crippen LogP contribution in [0.15, 0.2) is 78.9 Å². The fourth-order valence-electron chi connectivity index (χ4n) is 2.72. The van der Waals surface area contributed by atoms with Crippen LogP contribution in [0.25, 0.3) is 22.3 Å². The van der Waals surface area contributed by atoms with E-state index in [0.717, 1.165) is 26.1 Å². The van der Waals surface area contributed by atoms with E-state index in [4.69, 9.17) is 11.5 Å². The number of benzene rings is 3. The van der Waals surface area contributed by atoms with Crippen molar-refractivity contribution in [2.75, 3.05) is 19.6 Å². The van der Waals surface area contributed by atoms with Crippen LogP contribution < -0.4 is 16.8 Å². The zero-order chi connectivity index (χ0) is 19.3. The summed E-state index contributed by atoms with van der Waals surface area (Å²) in [4.78, 5) is 0. The molecule has 3 aromatic carbocycles. The fraction of sp³-hybridized carbons (Fsp3) is 0.250. The summed E-state index contributed by atoms with van der Waals surface area (Å²) >= 11 is 0. The van der Waals surface area contributed by atoms with Gasteiger partial charge >= 0.3 is 0 Å². The van der Waals surface area contributed by atoms with Gasteiger partial charge in [0.05, 0.1) is 0 Å². The number of rotatable bonds is 7. The van der Waals surface area contributed by atoms with Gasteiger partial charge in [-0.2, -0.15) is 0 Å². The van der Waals surface area contributed by atoms with Gasteiger partial charge in [-0.1, -0.05) is 67.6 Å². The van der Waals surface area contributed by atoms with Gasteiger partial charge in [-0.15, -0.1) is 0 Å². The van der Waals surface area contributed by atoms with Crippen LogP contribution in [-0.4, -0.2) is 19.6 Å². The third-order valence-corrected chi connectivity index (χ3v) is 4.15. The summed E-state index contributed by atoms with van der Waals surface area (Å²) in [6, 6.07) is 27.8. The molecule has 27 heavy (non-hydrogen) atoms. The minimum Gasteiger partial charge on any atom is -0.330 e. The molecule has 142 valence electrons. The Morgan fingerprint density at radius 3 is 1.56 bits per heavy atom. The summed E-state index contributed by atoms with van der Waals surface area (Å²) in [5, 5.41) is 3.38. The first kappa shape index (κ1) is 20.8. The minimum absolute atomic E-state index is 0.657. The predicted octanol–water partition coefficient (Wildman–Crippen LogP) is 4.42. The van der Waals surface area contributed by atoms with Gasteiger partial charge in [0.1, 0.15) is 0 Å². The molecular weight excluding hydrogens is 330 g/mol. The van der Waals surface area contributed by atoms with Crippen LogP contribution in [0, 0.1) is 0 Å². The highest BCUT2D eigenvalue weighted by atomic mass is 14.9. The van der Waals surface area contributed by atoms with E-state index in [2.05, 4.69) is 79.0 Å². The lowest BCUT2D eigenvalue weighted by Crippen LogP contribution is -2.21. The highest BCUT2D eigenvalue weighted by molar-refractivity contribution is 5.74. The van der Waals surface area contributed by atoms with E-state index in [1.807, 2.05) is 12.1 Å². The molecule has 3 heteroatoms. The van der Waals surface area contributed by atoms with Gasteiger partial charge in [-0.3, -0.25) is 0 Å². The van der Waals surface area contributed by atoms with Crippen molar-refractivity contribution in [3.8, 4) is 22.3 Å². The maximum atomic E-state index is 5.57. The van der Waals surface area contributed by atoms with E-state index in [1.54, 1.807) is 0 Å². The van der Waals surface area contributed by atoms with Crippen molar-refractivity contribution in [2.45, 2.75) is 19.9 Å². The van der Waals surface area contributed by atoms with Crippen LogP contribution in [0.5, 0.6) is 0 Å². The number of hydrogen-bond donors (Lipinski definition) is 3. The normalized spacial score (nSPS) is 10.2. The van der Waals surface area contributed by atoms with Crippen molar-refractivity contribution in [1.82, 2.24) is 5.32 Å². The number of hydrogen-bond acceptors (Lipinski definition) is 3. The first-order valence-corrected chi connectivity index (χ1v) is 9.64. The average molecular weight is 362 g/mol. The van der Waals surface area contributed by atoms with Crippen LogP contribution in [0.4, 0.5) is 0 Å². The summed E-state index contributed by atoms with van der Waals surface area (Å²) in [7, 11) is 0. The molecule has 0 atom stereocenters. The van der Waals surface area contributed by atoms with E-state index >= 15 is 0 Å². The number of nitrogens with two attached hydrogens (primary N) is 2. The SMILES string of the molecule is CCCN.NCCNCc1cc(-c2ccccc2)cc(-c2ccccc2)c1. The molecule has 0 amide bonds. The Bertz CT molecular complexity index is 710. The smallest absolute Gasteiger partial charge is 0.0206 e. The second-order valence-electron chi connectivity index (χ2n) is 6.40. The lowest BCUT2D eigenvalue weighted by Gasteiger charge is -2.11. The maximum Gasteiger partial charge on any atom is 0.0206 e. The Labute approximate surface area is 163 Å². The Hall–Kier alpha value is -2.46. The highest BCUT2D eigenvalue weighted by Gasteiger charge is 2.05. The molecule has 0 aromatic heterocycles. The zero-order valence-electron chi connectivity index (χ0n) is 16.2.